The van der Waals surface area contributed by atoms with E-state index in [2.05, 4.69) is 4.98 Å². The van der Waals surface area contributed by atoms with Gasteiger partial charge in [-0.25, -0.2) is 27.0 Å². The Hall–Kier alpha value is -3.30. The highest BCUT2D eigenvalue weighted by molar-refractivity contribution is 7.89. The van der Waals surface area contributed by atoms with Gasteiger partial charge in [-0.15, -0.1) is 0 Å². The first-order valence-electron chi connectivity index (χ1n) is 10.00. The molecule has 1 saturated heterocycles. The summed E-state index contributed by atoms with van der Waals surface area (Å²) < 4.78 is 53.8. The number of nitrogens with one attached hydrogen (secondary N) is 1. The molecule has 1 aromatic carbocycles. The van der Waals surface area contributed by atoms with Crippen LogP contribution >= 0.6 is 11.6 Å². The summed E-state index contributed by atoms with van der Waals surface area (Å²) in [5, 5.41) is 19.2. The minimum atomic E-state index is -4.05. The summed E-state index contributed by atoms with van der Waals surface area (Å²) in [6, 6.07) is 8.09. The molecule has 1 fully saturated rings. The number of carbonyl (C=O) groups is 2. The second-order valence-electron chi connectivity index (χ2n) is 7.54. The van der Waals surface area contributed by atoms with Gasteiger partial charge in [0, 0.05) is 18.1 Å². The van der Waals surface area contributed by atoms with Gasteiger partial charge in [-0.2, -0.15) is 5.26 Å². The van der Waals surface area contributed by atoms with Gasteiger partial charge in [-0.05, 0) is 23.6 Å². The lowest BCUT2D eigenvalue weighted by Crippen LogP contribution is -2.55. The van der Waals surface area contributed by atoms with Crippen molar-refractivity contribution in [3.05, 3.63) is 57.2 Å². The van der Waals surface area contributed by atoms with Gasteiger partial charge in [0.15, 0.2) is 0 Å². The summed E-state index contributed by atoms with van der Waals surface area (Å²) in [4.78, 5) is 29.1. The topological polar surface area (TPSA) is 140 Å². The van der Waals surface area contributed by atoms with Gasteiger partial charge in [0.1, 0.15) is 17.6 Å². The van der Waals surface area contributed by atoms with Crippen LogP contribution in [0.2, 0.25) is 5.02 Å². The minimum Gasteiger partial charge on any atom is -0.478 e. The van der Waals surface area contributed by atoms with Crippen molar-refractivity contribution in [1.29, 1.82) is 5.26 Å². The number of aromatic nitrogens is 1. The molecule has 0 radical (unpaired) electrons. The summed E-state index contributed by atoms with van der Waals surface area (Å²) in [6.45, 7) is 1.35. The average molecular weight is 513 g/mol. The van der Waals surface area contributed by atoms with Crippen molar-refractivity contribution in [2.75, 3.05) is 18.0 Å². The van der Waals surface area contributed by atoms with Crippen LogP contribution in [0.4, 0.5) is 14.6 Å². The van der Waals surface area contributed by atoms with Gasteiger partial charge in [-0.3, -0.25) is 9.52 Å². The fourth-order valence-corrected chi connectivity index (χ4v) is 5.14. The molecule has 0 spiro atoms. The van der Waals surface area contributed by atoms with Crippen molar-refractivity contribution in [3.63, 3.8) is 0 Å². The molecule has 13 heteroatoms. The van der Waals surface area contributed by atoms with E-state index in [-0.39, 0.29) is 41.5 Å². The van der Waals surface area contributed by atoms with Crippen LogP contribution in [-0.4, -0.2) is 43.5 Å². The number of benzene rings is 1. The number of pyridine rings is 1. The number of nitriles is 1. The lowest BCUT2D eigenvalue weighted by atomic mass is 9.94. The molecule has 0 aliphatic carbocycles. The Morgan fingerprint density at radius 2 is 2.00 bits per heavy atom. The first-order chi connectivity index (χ1) is 16.0. The molecule has 2 aromatic rings. The van der Waals surface area contributed by atoms with E-state index in [1.165, 1.54) is 24.0 Å². The van der Waals surface area contributed by atoms with Crippen LogP contribution in [0.25, 0.3) is 0 Å². The van der Waals surface area contributed by atoms with Crippen molar-refractivity contribution in [2.45, 2.75) is 25.5 Å². The van der Waals surface area contributed by atoms with Crippen LogP contribution in [0.15, 0.2) is 24.3 Å². The maximum absolute atomic E-state index is 13.5. The van der Waals surface area contributed by atoms with Crippen LogP contribution in [0.3, 0.4) is 0 Å². The number of alkyl halides is 2. The zero-order valence-corrected chi connectivity index (χ0v) is 19.3. The molecule has 1 amide bonds. The highest BCUT2D eigenvalue weighted by Crippen LogP contribution is 2.35. The second-order valence-corrected chi connectivity index (χ2v) is 9.67. The molecule has 0 unspecified atom stereocenters. The van der Waals surface area contributed by atoms with Crippen LogP contribution in [-0.2, 0) is 27.0 Å². The monoisotopic (exact) mass is 512 g/mol. The quantitative estimate of drug-likeness (QED) is 0.550. The molecular formula is C21H19ClF2N4O5S. The fourth-order valence-electron chi connectivity index (χ4n) is 3.65. The van der Waals surface area contributed by atoms with E-state index in [0.717, 1.165) is 0 Å². The first-order valence-corrected chi connectivity index (χ1v) is 12.0. The normalized spacial score (nSPS) is 13.9. The Morgan fingerprint density at radius 1 is 1.35 bits per heavy atom. The number of carboxylic acid groups (broad SMARTS) is 1. The highest BCUT2D eigenvalue weighted by atomic mass is 35.5. The largest absolute Gasteiger partial charge is 0.478 e. The van der Waals surface area contributed by atoms with Gasteiger partial charge in [0.05, 0.1) is 22.8 Å². The highest BCUT2D eigenvalue weighted by Gasteiger charge is 2.38. The smallest absolute Gasteiger partial charge is 0.338 e. The summed E-state index contributed by atoms with van der Waals surface area (Å²) in [7, 11) is -4.05. The van der Waals surface area contributed by atoms with E-state index >= 15 is 0 Å². The number of carbonyl (C=O) groups excluding carboxylic acids is 1. The van der Waals surface area contributed by atoms with Crippen molar-refractivity contribution in [3.8, 4) is 6.07 Å². The molecule has 9 nitrogen and oxygen atoms in total. The number of aromatic carboxylic acids is 1. The molecule has 0 atom stereocenters. The summed E-state index contributed by atoms with van der Waals surface area (Å²) >= 11 is 5.97. The maximum atomic E-state index is 13.5. The average Bonchev–Trinajstić information content (AvgIpc) is 2.72. The molecular weight excluding hydrogens is 494 g/mol. The Balaban J connectivity index is 1.79. The summed E-state index contributed by atoms with van der Waals surface area (Å²) in [5.41, 5.74) is -1.61. The molecule has 1 aromatic heterocycles. The van der Waals surface area contributed by atoms with E-state index in [0.29, 0.717) is 5.56 Å². The standard InChI is InChI=1S/C21H19ClF2N4O5S/c1-2-13-14(7-25)19(26-17(18(23)24)16(13)21(30)31)28-8-12(9-28)20(29)27-34(32,33)10-11-5-3-4-6-15(11)22/h3-6,12,18H,2,8-10H2,1H3,(H,27,29)(H,30,31). The van der Waals surface area contributed by atoms with Crippen molar-refractivity contribution >= 4 is 39.3 Å². The van der Waals surface area contributed by atoms with Crippen LogP contribution in [0.5, 0.6) is 0 Å². The van der Waals surface area contributed by atoms with Crippen LogP contribution in [0.1, 0.15) is 46.1 Å². The predicted octanol–water partition coefficient (Wildman–Crippen LogP) is 2.89. The SMILES string of the molecule is CCc1c(C#N)c(N2CC(C(=O)NS(=O)(=O)Cc3ccccc3Cl)C2)nc(C(F)F)c1C(=O)O. The third-order valence-corrected chi connectivity index (χ3v) is 6.88. The number of hydrogen-bond acceptors (Lipinski definition) is 7. The van der Waals surface area contributed by atoms with E-state index < -0.39 is 51.3 Å². The number of hydrogen-bond donors (Lipinski definition) is 2. The molecule has 0 saturated carbocycles. The Kier molecular flexibility index (Phi) is 7.38. The summed E-state index contributed by atoms with van der Waals surface area (Å²) in [5.74, 6) is -3.90. The van der Waals surface area contributed by atoms with Crippen LogP contribution < -0.4 is 9.62 Å². The second kappa shape index (κ2) is 9.90. The van der Waals surface area contributed by atoms with Gasteiger partial charge >= 0.3 is 5.97 Å². The van der Waals surface area contributed by atoms with E-state index in [1.54, 1.807) is 12.1 Å². The zero-order valence-electron chi connectivity index (χ0n) is 17.8. The molecule has 0 bridgehead atoms. The first kappa shape index (κ1) is 25.3. The van der Waals surface area contributed by atoms with Crippen LogP contribution in [0, 0.1) is 17.2 Å². The van der Waals surface area contributed by atoms with Gasteiger partial charge in [-0.1, -0.05) is 36.7 Å². The lowest BCUT2D eigenvalue weighted by molar-refractivity contribution is -0.123. The summed E-state index contributed by atoms with van der Waals surface area (Å²) in [6.07, 6.45) is -3.20. The number of carboxylic acids is 1. The molecule has 1 aliphatic rings. The molecule has 3 rings (SSSR count). The number of anilines is 1. The zero-order chi connectivity index (χ0) is 25.2. The number of nitrogens with zero attached hydrogens (tertiary/aromatic N) is 3. The van der Waals surface area contributed by atoms with Gasteiger partial charge < -0.3 is 10.0 Å². The Labute approximate surface area is 199 Å². The number of halogens is 3. The predicted molar refractivity (Wildman–Crippen MR) is 118 cm³/mol. The molecule has 2 heterocycles. The van der Waals surface area contributed by atoms with Crippen molar-refractivity contribution in [1.82, 2.24) is 9.71 Å². The molecule has 2 N–H and O–H groups in total. The minimum absolute atomic E-state index is 0.00217. The third kappa shape index (κ3) is 5.10. The molecule has 180 valence electrons. The Morgan fingerprint density at radius 3 is 2.53 bits per heavy atom. The third-order valence-electron chi connectivity index (χ3n) is 5.31. The molecule has 1 aliphatic heterocycles. The lowest BCUT2D eigenvalue weighted by Gasteiger charge is -2.39. The van der Waals surface area contributed by atoms with Gasteiger partial charge in [0.2, 0.25) is 15.9 Å². The van der Waals surface area contributed by atoms with E-state index in [9.17, 15) is 37.2 Å². The van der Waals surface area contributed by atoms with Gasteiger partial charge in [0.25, 0.3) is 6.43 Å². The maximum Gasteiger partial charge on any atom is 0.338 e. The number of rotatable bonds is 8. The van der Waals surface area contributed by atoms with E-state index in [1.807, 2.05) is 10.8 Å². The number of sulfonamides is 1. The number of amides is 1. The van der Waals surface area contributed by atoms with E-state index in [4.69, 9.17) is 11.6 Å². The molecule has 34 heavy (non-hydrogen) atoms. The Bertz CT molecular complexity index is 1290. The van der Waals surface area contributed by atoms with Crippen molar-refractivity contribution < 1.29 is 31.9 Å². The fraction of sp³-hybridized carbons (Fsp3) is 0.333. The van der Waals surface area contributed by atoms with Crippen molar-refractivity contribution in [2.24, 2.45) is 5.92 Å².